The van der Waals surface area contributed by atoms with Crippen LogP contribution in [0.5, 0.6) is 11.5 Å². The van der Waals surface area contributed by atoms with Crippen molar-refractivity contribution in [3.63, 3.8) is 0 Å². The first-order valence-corrected chi connectivity index (χ1v) is 8.69. The van der Waals surface area contributed by atoms with Crippen LogP contribution in [0.1, 0.15) is 18.1 Å². The van der Waals surface area contributed by atoms with E-state index in [1.165, 1.54) is 32.2 Å². The van der Waals surface area contributed by atoms with E-state index < -0.39 is 15.0 Å². The molecule has 0 N–H and O–H groups in total. The van der Waals surface area contributed by atoms with E-state index >= 15 is 0 Å². The van der Waals surface area contributed by atoms with E-state index in [1.807, 2.05) is 19.1 Å². The molecule has 0 spiro atoms. The van der Waals surface area contributed by atoms with E-state index in [2.05, 4.69) is 0 Å². The molecule has 0 atom stereocenters. The standard InChI is InChI=1S/C17H17NO6S/c1-4-5-13-7-9-16(17(10-13)23-3)24-25(21,22)14-8-6-12(2)15(11-14)18(19)20/h4-11H,1-3H3/b5-4+. The lowest BCUT2D eigenvalue weighted by molar-refractivity contribution is -0.385. The van der Waals surface area contributed by atoms with Crippen molar-refractivity contribution < 1.29 is 22.3 Å². The summed E-state index contributed by atoms with van der Waals surface area (Å²) in [7, 11) is -2.85. The van der Waals surface area contributed by atoms with Crippen molar-refractivity contribution in [2.24, 2.45) is 0 Å². The number of hydrogen-bond acceptors (Lipinski definition) is 6. The Kier molecular flexibility index (Phi) is 5.43. The maximum atomic E-state index is 12.5. The molecular formula is C17H17NO6S. The summed E-state index contributed by atoms with van der Waals surface area (Å²) in [6.07, 6.45) is 3.65. The van der Waals surface area contributed by atoms with Gasteiger partial charge in [-0.05, 0) is 37.6 Å². The van der Waals surface area contributed by atoms with Crippen LogP contribution in [-0.4, -0.2) is 20.5 Å². The third-order valence-corrected chi connectivity index (χ3v) is 4.64. The zero-order chi connectivity index (χ0) is 18.6. The molecule has 0 radical (unpaired) electrons. The van der Waals surface area contributed by atoms with Crippen molar-refractivity contribution in [1.29, 1.82) is 0 Å². The summed E-state index contributed by atoms with van der Waals surface area (Å²) in [6.45, 7) is 3.38. The Bertz CT molecular complexity index is 934. The van der Waals surface area contributed by atoms with Crippen LogP contribution in [0, 0.1) is 17.0 Å². The lowest BCUT2D eigenvalue weighted by atomic mass is 10.2. The average Bonchev–Trinajstić information content (AvgIpc) is 2.56. The summed E-state index contributed by atoms with van der Waals surface area (Å²) < 4.78 is 35.2. The van der Waals surface area contributed by atoms with Gasteiger partial charge < -0.3 is 8.92 Å². The van der Waals surface area contributed by atoms with Gasteiger partial charge in [0.2, 0.25) is 0 Å². The van der Waals surface area contributed by atoms with Gasteiger partial charge >= 0.3 is 10.1 Å². The van der Waals surface area contributed by atoms with Crippen LogP contribution in [0.4, 0.5) is 5.69 Å². The highest BCUT2D eigenvalue weighted by atomic mass is 32.2. The molecule has 0 aliphatic heterocycles. The van der Waals surface area contributed by atoms with Gasteiger partial charge in [0.1, 0.15) is 4.90 Å². The number of rotatable bonds is 6. The van der Waals surface area contributed by atoms with Crippen molar-refractivity contribution in [3.05, 3.63) is 63.7 Å². The molecule has 0 aliphatic rings. The molecule has 0 amide bonds. The van der Waals surface area contributed by atoms with Gasteiger partial charge in [-0.1, -0.05) is 24.3 Å². The lowest BCUT2D eigenvalue weighted by Gasteiger charge is -2.11. The molecule has 0 unspecified atom stereocenters. The van der Waals surface area contributed by atoms with E-state index in [4.69, 9.17) is 8.92 Å². The highest BCUT2D eigenvalue weighted by Crippen LogP contribution is 2.32. The molecule has 0 bridgehead atoms. The zero-order valence-electron chi connectivity index (χ0n) is 13.9. The van der Waals surface area contributed by atoms with Gasteiger partial charge in [0.15, 0.2) is 11.5 Å². The molecule has 25 heavy (non-hydrogen) atoms. The Balaban J connectivity index is 2.42. The maximum absolute atomic E-state index is 12.5. The van der Waals surface area contributed by atoms with Crippen LogP contribution in [0.3, 0.4) is 0 Å². The van der Waals surface area contributed by atoms with E-state index in [-0.39, 0.29) is 22.1 Å². The molecule has 0 aliphatic carbocycles. The molecule has 2 rings (SSSR count). The van der Waals surface area contributed by atoms with Gasteiger partial charge in [0.05, 0.1) is 12.0 Å². The molecule has 0 heterocycles. The second-order valence-corrected chi connectivity index (χ2v) is 6.70. The minimum absolute atomic E-state index is 0.000943. The third kappa shape index (κ3) is 4.16. The molecule has 0 aromatic heterocycles. The number of nitro groups is 1. The highest BCUT2D eigenvalue weighted by Gasteiger charge is 2.23. The minimum Gasteiger partial charge on any atom is -0.493 e. The molecule has 0 saturated carbocycles. The molecule has 8 heteroatoms. The Hall–Kier alpha value is -2.87. The van der Waals surface area contributed by atoms with Gasteiger partial charge in [-0.3, -0.25) is 10.1 Å². The van der Waals surface area contributed by atoms with Crippen molar-refractivity contribution in [1.82, 2.24) is 0 Å². The summed E-state index contributed by atoms with van der Waals surface area (Å²) in [5, 5.41) is 11.0. The Morgan fingerprint density at radius 3 is 2.44 bits per heavy atom. The first-order valence-electron chi connectivity index (χ1n) is 7.28. The first kappa shape index (κ1) is 18.5. The fourth-order valence-corrected chi connectivity index (χ4v) is 3.12. The van der Waals surface area contributed by atoms with E-state index in [0.29, 0.717) is 5.56 Å². The quantitative estimate of drug-likeness (QED) is 0.441. The number of aryl methyl sites for hydroxylation is 1. The number of allylic oxidation sites excluding steroid dienone is 1. The first-order chi connectivity index (χ1) is 11.8. The third-order valence-electron chi connectivity index (χ3n) is 3.41. The number of nitro benzene ring substituents is 1. The summed E-state index contributed by atoms with van der Waals surface area (Å²) in [4.78, 5) is 10.1. The predicted molar refractivity (Wildman–Crippen MR) is 93.3 cm³/mol. The second-order valence-electron chi connectivity index (χ2n) is 5.15. The molecule has 0 saturated heterocycles. The molecule has 2 aromatic rings. The Morgan fingerprint density at radius 1 is 1.12 bits per heavy atom. The summed E-state index contributed by atoms with van der Waals surface area (Å²) in [6, 6.07) is 8.37. The summed E-state index contributed by atoms with van der Waals surface area (Å²) >= 11 is 0. The minimum atomic E-state index is -4.25. The van der Waals surface area contributed by atoms with Crippen LogP contribution in [0.15, 0.2) is 47.4 Å². The smallest absolute Gasteiger partial charge is 0.339 e. The van der Waals surface area contributed by atoms with Crippen molar-refractivity contribution in [2.75, 3.05) is 7.11 Å². The highest BCUT2D eigenvalue weighted by molar-refractivity contribution is 7.87. The second kappa shape index (κ2) is 7.35. The SMILES string of the molecule is C/C=C/c1ccc(OS(=O)(=O)c2ccc(C)c([N+](=O)[O-])c2)c(OC)c1. The lowest BCUT2D eigenvalue weighted by Crippen LogP contribution is -2.11. The Morgan fingerprint density at radius 2 is 1.84 bits per heavy atom. The predicted octanol–water partition coefficient (Wildman–Crippen LogP) is 3.71. The van der Waals surface area contributed by atoms with Gasteiger partial charge in [-0.2, -0.15) is 8.42 Å². The van der Waals surface area contributed by atoms with Gasteiger partial charge in [0, 0.05) is 11.6 Å². The van der Waals surface area contributed by atoms with E-state index in [1.54, 1.807) is 12.1 Å². The van der Waals surface area contributed by atoms with E-state index in [0.717, 1.165) is 11.6 Å². The maximum Gasteiger partial charge on any atom is 0.339 e. The molecule has 7 nitrogen and oxygen atoms in total. The van der Waals surface area contributed by atoms with Crippen molar-refractivity contribution in [2.45, 2.75) is 18.7 Å². The molecule has 132 valence electrons. The van der Waals surface area contributed by atoms with Gasteiger partial charge in [-0.25, -0.2) is 0 Å². The zero-order valence-corrected chi connectivity index (χ0v) is 14.7. The molecule has 2 aromatic carbocycles. The number of ether oxygens (including phenoxy) is 1. The number of hydrogen-bond donors (Lipinski definition) is 0. The topological polar surface area (TPSA) is 95.7 Å². The van der Waals surface area contributed by atoms with Crippen molar-refractivity contribution >= 4 is 21.9 Å². The van der Waals surface area contributed by atoms with Crippen LogP contribution in [-0.2, 0) is 10.1 Å². The monoisotopic (exact) mass is 363 g/mol. The largest absolute Gasteiger partial charge is 0.493 e. The van der Waals surface area contributed by atoms with Crippen molar-refractivity contribution in [3.8, 4) is 11.5 Å². The fourth-order valence-electron chi connectivity index (χ4n) is 2.16. The van der Waals surface area contributed by atoms with Crippen LogP contribution < -0.4 is 8.92 Å². The Labute approximate surface area is 145 Å². The van der Waals surface area contributed by atoms with Gasteiger partial charge in [-0.15, -0.1) is 0 Å². The average molecular weight is 363 g/mol. The van der Waals surface area contributed by atoms with Crippen LogP contribution in [0.25, 0.3) is 6.08 Å². The van der Waals surface area contributed by atoms with Crippen LogP contribution >= 0.6 is 0 Å². The van der Waals surface area contributed by atoms with E-state index in [9.17, 15) is 18.5 Å². The van der Waals surface area contributed by atoms with Crippen LogP contribution in [0.2, 0.25) is 0 Å². The van der Waals surface area contributed by atoms with Gasteiger partial charge in [0.25, 0.3) is 5.69 Å². The number of nitrogens with zero attached hydrogens (tertiary/aromatic N) is 1. The summed E-state index contributed by atoms with van der Waals surface area (Å²) in [5.74, 6) is 0.236. The molecule has 0 fully saturated rings. The number of methoxy groups -OCH3 is 1. The normalized spacial score (nSPS) is 11.5. The summed E-state index contributed by atoms with van der Waals surface area (Å²) in [5.41, 5.74) is 0.882. The fraction of sp³-hybridized carbons (Fsp3) is 0.176. The number of benzene rings is 2. The molecular weight excluding hydrogens is 346 g/mol.